The van der Waals surface area contributed by atoms with E-state index >= 15 is 0 Å². The number of benzene rings is 1. The number of nitrogens with zero attached hydrogens (tertiary/aromatic N) is 2. The van der Waals surface area contributed by atoms with Gasteiger partial charge in [0.15, 0.2) is 0 Å². The largest absolute Gasteiger partial charge is 0.389 e. The second-order valence-electron chi connectivity index (χ2n) is 4.62. The van der Waals surface area contributed by atoms with Crippen LogP contribution in [0.2, 0.25) is 0 Å². The van der Waals surface area contributed by atoms with Gasteiger partial charge in [-0.3, -0.25) is 0 Å². The Morgan fingerprint density at radius 3 is 2.58 bits per heavy atom. The van der Waals surface area contributed by atoms with E-state index in [1.54, 1.807) is 13.1 Å². The van der Waals surface area contributed by atoms with Gasteiger partial charge in [0.25, 0.3) is 0 Å². The van der Waals surface area contributed by atoms with Crippen molar-refractivity contribution in [3.05, 3.63) is 59.8 Å². The number of anilines is 1. The molecule has 0 spiro atoms. The van der Waals surface area contributed by atoms with Gasteiger partial charge >= 0.3 is 0 Å². The summed E-state index contributed by atoms with van der Waals surface area (Å²) in [7, 11) is 0. The molecule has 3 heteroatoms. The number of rotatable bonds is 5. The highest BCUT2D eigenvalue weighted by molar-refractivity contribution is 5.42. The maximum Gasteiger partial charge on any atom is 0.129 e. The molecule has 3 nitrogen and oxygen atoms in total. The molecule has 1 N–H and O–H groups in total. The van der Waals surface area contributed by atoms with Gasteiger partial charge in [-0.15, -0.1) is 0 Å². The first-order chi connectivity index (χ1) is 9.20. The average molecular weight is 256 g/mol. The van der Waals surface area contributed by atoms with Gasteiger partial charge < -0.3 is 10.0 Å². The van der Waals surface area contributed by atoms with Crippen LogP contribution in [0.15, 0.2) is 48.7 Å². The minimum atomic E-state index is -0.461. The molecule has 0 unspecified atom stereocenters. The second kappa shape index (κ2) is 6.34. The molecular formula is C16H20N2O. The van der Waals surface area contributed by atoms with Crippen LogP contribution < -0.4 is 4.90 Å². The van der Waals surface area contributed by atoms with E-state index in [-0.39, 0.29) is 0 Å². The smallest absolute Gasteiger partial charge is 0.129 e. The van der Waals surface area contributed by atoms with Crippen molar-refractivity contribution in [3.63, 3.8) is 0 Å². The lowest BCUT2D eigenvalue weighted by Gasteiger charge is -2.22. The predicted octanol–water partition coefficient (Wildman–Crippen LogP) is 3.16. The summed E-state index contributed by atoms with van der Waals surface area (Å²) in [6.45, 7) is 5.59. The number of hydrogen-bond acceptors (Lipinski definition) is 3. The van der Waals surface area contributed by atoms with E-state index in [1.807, 2.05) is 30.3 Å². The number of aliphatic hydroxyl groups is 1. The molecule has 2 aromatic rings. The Kier molecular flexibility index (Phi) is 4.53. The van der Waals surface area contributed by atoms with Crippen molar-refractivity contribution in [3.8, 4) is 0 Å². The number of aromatic nitrogens is 1. The van der Waals surface area contributed by atoms with Crippen molar-refractivity contribution < 1.29 is 5.11 Å². The summed E-state index contributed by atoms with van der Waals surface area (Å²) in [4.78, 5) is 6.60. The monoisotopic (exact) mass is 256 g/mol. The van der Waals surface area contributed by atoms with Crippen LogP contribution in [0.1, 0.15) is 31.1 Å². The lowest BCUT2D eigenvalue weighted by Crippen LogP contribution is -2.23. The topological polar surface area (TPSA) is 36.4 Å². The van der Waals surface area contributed by atoms with Crippen molar-refractivity contribution in [2.75, 3.05) is 11.4 Å². The Morgan fingerprint density at radius 2 is 1.95 bits per heavy atom. The molecule has 0 aliphatic rings. The molecule has 0 bridgehead atoms. The van der Waals surface area contributed by atoms with Gasteiger partial charge in [-0.05, 0) is 37.1 Å². The zero-order valence-corrected chi connectivity index (χ0v) is 11.5. The Bertz CT molecular complexity index is 511. The highest BCUT2D eigenvalue weighted by atomic mass is 16.3. The average Bonchev–Trinajstić information content (AvgIpc) is 2.46. The van der Waals surface area contributed by atoms with E-state index in [9.17, 15) is 5.11 Å². The third-order valence-electron chi connectivity index (χ3n) is 3.17. The molecule has 0 radical (unpaired) electrons. The van der Waals surface area contributed by atoms with Crippen molar-refractivity contribution in [2.45, 2.75) is 26.5 Å². The first-order valence-electron chi connectivity index (χ1n) is 6.63. The number of hydrogen-bond donors (Lipinski definition) is 1. The summed E-state index contributed by atoms with van der Waals surface area (Å²) in [6.07, 6.45) is 1.29. The molecule has 0 saturated carbocycles. The minimum absolute atomic E-state index is 0.461. The first-order valence-corrected chi connectivity index (χ1v) is 6.63. The summed E-state index contributed by atoms with van der Waals surface area (Å²) >= 11 is 0. The van der Waals surface area contributed by atoms with E-state index in [2.05, 4.69) is 28.9 Å². The van der Waals surface area contributed by atoms with E-state index in [1.165, 1.54) is 5.56 Å². The maximum absolute atomic E-state index is 9.65. The molecule has 1 aromatic heterocycles. The van der Waals surface area contributed by atoms with Crippen LogP contribution in [0.5, 0.6) is 0 Å². The van der Waals surface area contributed by atoms with Gasteiger partial charge in [0.05, 0.1) is 6.10 Å². The Morgan fingerprint density at radius 1 is 1.21 bits per heavy atom. The Balaban J connectivity index is 2.20. The molecule has 1 heterocycles. The zero-order chi connectivity index (χ0) is 13.7. The lowest BCUT2D eigenvalue weighted by atomic mass is 10.1. The summed E-state index contributed by atoms with van der Waals surface area (Å²) in [5, 5.41) is 9.65. The SMILES string of the molecule is CCN(Cc1ccccc1)c1cc([C@@H](C)O)ccn1. The van der Waals surface area contributed by atoms with Crippen molar-refractivity contribution >= 4 is 5.82 Å². The molecule has 0 saturated heterocycles. The van der Waals surface area contributed by atoms with Crippen molar-refractivity contribution in [1.82, 2.24) is 4.98 Å². The zero-order valence-electron chi connectivity index (χ0n) is 11.5. The van der Waals surface area contributed by atoms with Gasteiger partial charge in [-0.1, -0.05) is 30.3 Å². The van der Waals surface area contributed by atoms with Gasteiger partial charge in [-0.2, -0.15) is 0 Å². The molecule has 100 valence electrons. The number of pyridine rings is 1. The highest BCUT2D eigenvalue weighted by Gasteiger charge is 2.09. The third kappa shape index (κ3) is 3.55. The van der Waals surface area contributed by atoms with Gasteiger partial charge in [0, 0.05) is 19.3 Å². The summed E-state index contributed by atoms with van der Waals surface area (Å²) in [6, 6.07) is 14.1. The number of aliphatic hydroxyl groups excluding tert-OH is 1. The minimum Gasteiger partial charge on any atom is -0.389 e. The second-order valence-corrected chi connectivity index (χ2v) is 4.62. The van der Waals surface area contributed by atoms with Gasteiger partial charge in [0.2, 0.25) is 0 Å². The predicted molar refractivity (Wildman–Crippen MR) is 78.0 cm³/mol. The molecule has 1 atom stereocenters. The quantitative estimate of drug-likeness (QED) is 0.892. The summed E-state index contributed by atoms with van der Waals surface area (Å²) in [5.41, 5.74) is 2.16. The fourth-order valence-electron chi connectivity index (χ4n) is 2.03. The standard InChI is InChI=1S/C16H20N2O/c1-3-18(12-14-7-5-4-6-8-14)16-11-15(13(2)19)9-10-17-16/h4-11,13,19H,3,12H2,1-2H3/t13-/m1/s1. The van der Waals surface area contributed by atoms with Crippen LogP contribution in [0.3, 0.4) is 0 Å². The van der Waals surface area contributed by atoms with Crippen LogP contribution in [-0.2, 0) is 6.54 Å². The van der Waals surface area contributed by atoms with Crippen LogP contribution in [0.4, 0.5) is 5.82 Å². The molecule has 0 fully saturated rings. The first kappa shape index (κ1) is 13.6. The van der Waals surface area contributed by atoms with E-state index in [0.717, 1.165) is 24.5 Å². The summed E-state index contributed by atoms with van der Waals surface area (Å²) in [5.74, 6) is 0.907. The van der Waals surface area contributed by atoms with Crippen molar-refractivity contribution in [1.29, 1.82) is 0 Å². The fraction of sp³-hybridized carbons (Fsp3) is 0.312. The van der Waals surface area contributed by atoms with E-state index in [4.69, 9.17) is 0 Å². The van der Waals surface area contributed by atoms with E-state index < -0.39 is 6.10 Å². The van der Waals surface area contributed by atoms with Crippen molar-refractivity contribution in [2.24, 2.45) is 0 Å². The Hall–Kier alpha value is -1.87. The molecule has 2 rings (SSSR count). The molecule has 0 aliphatic heterocycles. The van der Waals surface area contributed by atoms with Crippen LogP contribution in [-0.4, -0.2) is 16.6 Å². The van der Waals surface area contributed by atoms with E-state index in [0.29, 0.717) is 0 Å². The Labute approximate surface area is 114 Å². The van der Waals surface area contributed by atoms with Gasteiger partial charge in [-0.25, -0.2) is 4.98 Å². The van der Waals surface area contributed by atoms with Crippen LogP contribution in [0.25, 0.3) is 0 Å². The molecule has 0 amide bonds. The molecule has 1 aromatic carbocycles. The third-order valence-corrected chi connectivity index (χ3v) is 3.17. The van der Waals surface area contributed by atoms with Gasteiger partial charge in [0.1, 0.15) is 5.82 Å². The normalized spacial score (nSPS) is 12.2. The molecular weight excluding hydrogens is 236 g/mol. The summed E-state index contributed by atoms with van der Waals surface area (Å²) < 4.78 is 0. The fourth-order valence-corrected chi connectivity index (χ4v) is 2.03. The molecule has 19 heavy (non-hydrogen) atoms. The maximum atomic E-state index is 9.65. The molecule has 0 aliphatic carbocycles. The van der Waals surface area contributed by atoms with Crippen LogP contribution >= 0.6 is 0 Å². The lowest BCUT2D eigenvalue weighted by molar-refractivity contribution is 0.199. The van der Waals surface area contributed by atoms with Crippen LogP contribution in [0, 0.1) is 0 Å². The highest BCUT2D eigenvalue weighted by Crippen LogP contribution is 2.19.